The van der Waals surface area contributed by atoms with E-state index in [9.17, 15) is 4.79 Å². The third-order valence-electron chi connectivity index (χ3n) is 4.11. The summed E-state index contributed by atoms with van der Waals surface area (Å²) in [7, 11) is 0. The smallest absolute Gasteiger partial charge is 0.230 e. The summed E-state index contributed by atoms with van der Waals surface area (Å²) >= 11 is 0. The lowest BCUT2D eigenvalue weighted by Crippen LogP contribution is -2.42. The molecule has 0 atom stereocenters. The average molecular weight is 285 g/mol. The van der Waals surface area contributed by atoms with Gasteiger partial charge in [0, 0.05) is 16.7 Å². The molecule has 1 saturated heterocycles. The molecular weight excluding hydrogens is 266 g/mol. The van der Waals surface area contributed by atoms with E-state index in [0.717, 1.165) is 42.9 Å². The summed E-state index contributed by atoms with van der Waals surface area (Å²) < 4.78 is 5.25. The minimum Gasteiger partial charge on any atom is -0.444 e. The fraction of sp³-hybridized carbons (Fsp3) is 0.375. The summed E-state index contributed by atoms with van der Waals surface area (Å²) in [5.41, 5.74) is 1.47. The molecule has 5 heteroatoms. The van der Waals surface area contributed by atoms with Gasteiger partial charge in [-0.2, -0.15) is 0 Å². The number of benzene rings is 1. The number of amides is 1. The summed E-state index contributed by atoms with van der Waals surface area (Å²) in [6.45, 7) is 3.83. The van der Waals surface area contributed by atoms with Gasteiger partial charge in [0.05, 0.1) is 6.20 Å². The monoisotopic (exact) mass is 285 g/mol. The number of aromatic nitrogens is 1. The van der Waals surface area contributed by atoms with Gasteiger partial charge in [-0.05, 0) is 50.2 Å². The van der Waals surface area contributed by atoms with E-state index in [0.29, 0.717) is 0 Å². The molecule has 110 valence electrons. The highest BCUT2D eigenvalue weighted by Gasteiger charge is 2.34. The SMILES string of the molecule is CC1(C(=O)Nc2ccc(-c3cnco3)cc2)CCNCC1. The first kappa shape index (κ1) is 13.8. The lowest BCUT2D eigenvalue weighted by Gasteiger charge is -2.32. The molecule has 5 nitrogen and oxygen atoms in total. The molecule has 1 aliphatic heterocycles. The maximum Gasteiger partial charge on any atom is 0.230 e. The van der Waals surface area contributed by atoms with E-state index in [1.54, 1.807) is 6.20 Å². The van der Waals surface area contributed by atoms with Crippen molar-refractivity contribution >= 4 is 11.6 Å². The Bertz CT molecular complexity index is 599. The Morgan fingerprint density at radius 3 is 2.62 bits per heavy atom. The van der Waals surface area contributed by atoms with Crippen LogP contribution in [0.25, 0.3) is 11.3 Å². The molecule has 0 unspecified atom stereocenters. The van der Waals surface area contributed by atoms with Crippen molar-refractivity contribution in [2.45, 2.75) is 19.8 Å². The van der Waals surface area contributed by atoms with Crippen LogP contribution < -0.4 is 10.6 Å². The van der Waals surface area contributed by atoms with Crippen LogP contribution in [0.2, 0.25) is 0 Å². The van der Waals surface area contributed by atoms with Gasteiger partial charge in [0.25, 0.3) is 0 Å². The molecule has 1 fully saturated rings. The van der Waals surface area contributed by atoms with Crippen molar-refractivity contribution in [1.29, 1.82) is 0 Å². The van der Waals surface area contributed by atoms with Gasteiger partial charge >= 0.3 is 0 Å². The standard InChI is InChI=1S/C16H19N3O2/c1-16(6-8-17-9-7-16)15(20)19-13-4-2-12(3-5-13)14-10-18-11-21-14/h2-5,10-11,17H,6-9H2,1H3,(H,19,20). The minimum absolute atomic E-state index is 0.0939. The van der Waals surface area contributed by atoms with Crippen molar-refractivity contribution in [1.82, 2.24) is 10.3 Å². The molecule has 1 aromatic heterocycles. The largest absolute Gasteiger partial charge is 0.444 e. The van der Waals surface area contributed by atoms with Crippen molar-refractivity contribution in [2.24, 2.45) is 5.41 Å². The first-order valence-corrected chi connectivity index (χ1v) is 7.18. The Morgan fingerprint density at radius 1 is 1.29 bits per heavy atom. The molecule has 3 rings (SSSR count). The van der Waals surface area contributed by atoms with Gasteiger partial charge in [0.1, 0.15) is 0 Å². The molecule has 2 N–H and O–H groups in total. The zero-order valence-electron chi connectivity index (χ0n) is 12.1. The second-order valence-electron chi connectivity index (χ2n) is 5.71. The van der Waals surface area contributed by atoms with Crippen LogP contribution in [-0.4, -0.2) is 24.0 Å². The highest BCUT2D eigenvalue weighted by atomic mass is 16.3. The van der Waals surface area contributed by atoms with Gasteiger partial charge in [-0.3, -0.25) is 4.79 Å². The second kappa shape index (κ2) is 5.69. The van der Waals surface area contributed by atoms with E-state index in [-0.39, 0.29) is 11.3 Å². The number of nitrogens with zero attached hydrogens (tertiary/aromatic N) is 1. The Hall–Kier alpha value is -2.14. The van der Waals surface area contributed by atoms with Crippen molar-refractivity contribution < 1.29 is 9.21 Å². The molecule has 0 saturated carbocycles. The Balaban J connectivity index is 1.69. The molecule has 1 amide bonds. The second-order valence-corrected chi connectivity index (χ2v) is 5.71. The maximum absolute atomic E-state index is 12.4. The van der Waals surface area contributed by atoms with Crippen LogP contribution in [0.15, 0.2) is 41.3 Å². The molecule has 0 radical (unpaired) electrons. The van der Waals surface area contributed by atoms with Crippen LogP contribution in [-0.2, 0) is 4.79 Å². The normalized spacial score (nSPS) is 17.4. The van der Waals surface area contributed by atoms with Crippen LogP contribution in [0, 0.1) is 5.41 Å². The van der Waals surface area contributed by atoms with Crippen molar-refractivity contribution in [3.8, 4) is 11.3 Å². The number of nitrogens with one attached hydrogen (secondary N) is 2. The van der Waals surface area contributed by atoms with Gasteiger partial charge in [0.2, 0.25) is 5.91 Å². The van der Waals surface area contributed by atoms with Crippen molar-refractivity contribution in [2.75, 3.05) is 18.4 Å². The van der Waals surface area contributed by atoms with Gasteiger partial charge in [-0.15, -0.1) is 0 Å². The Morgan fingerprint density at radius 2 is 2.00 bits per heavy atom. The van der Waals surface area contributed by atoms with Crippen LogP contribution in [0.5, 0.6) is 0 Å². The highest BCUT2D eigenvalue weighted by Crippen LogP contribution is 2.30. The number of rotatable bonds is 3. The lowest BCUT2D eigenvalue weighted by atomic mass is 9.80. The third kappa shape index (κ3) is 2.97. The number of hydrogen-bond acceptors (Lipinski definition) is 4. The first-order valence-electron chi connectivity index (χ1n) is 7.18. The van der Waals surface area contributed by atoms with Crippen LogP contribution in [0.4, 0.5) is 5.69 Å². The summed E-state index contributed by atoms with van der Waals surface area (Å²) in [6, 6.07) is 7.61. The molecule has 1 aromatic carbocycles. The first-order chi connectivity index (χ1) is 10.2. The molecule has 2 aromatic rings. The van der Waals surface area contributed by atoms with Crippen LogP contribution in [0.3, 0.4) is 0 Å². The molecule has 1 aliphatic rings. The number of oxazole rings is 1. The van der Waals surface area contributed by atoms with E-state index in [1.165, 1.54) is 6.39 Å². The molecule has 21 heavy (non-hydrogen) atoms. The summed E-state index contributed by atoms with van der Waals surface area (Å²) in [5.74, 6) is 0.814. The quantitative estimate of drug-likeness (QED) is 0.910. The summed E-state index contributed by atoms with van der Waals surface area (Å²) in [4.78, 5) is 16.3. The van der Waals surface area contributed by atoms with Crippen LogP contribution in [0.1, 0.15) is 19.8 Å². The van der Waals surface area contributed by atoms with Gasteiger partial charge in [-0.1, -0.05) is 6.92 Å². The number of piperidine rings is 1. The van der Waals surface area contributed by atoms with Crippen molar-refractivity contribution in [3.63, 3.8) is 0 Å². The van der Waals surface area contributed by atoms with Gasteiger partial charge in [-0.25, -0.2) is 4.98 Å². The molecular formula is C16H19N3O2. The average Bonchev–Trinajstić information content (AvgIpc) is 3.03. The minimum atomic E-state index is -0.283. The highest BCUT2D eigenvalue weighted by molar-refractivity contribution is 5.95. The number of anilines is 1. The molecule has 0 aliphatic carbocycles. The zero-order valence-corrected chi connectivity index (χ0v) is 12.1. The third-order valence-corrected chi connectivity index (χ3v) is 4.11. The van der Waals surface area contributed by atoms with Crippen molar-refractivity contribution in [3.05, 3.63) is 36.9 Å². The maximum atomic E-state index is 12.4. The molecule has 0 bridgehead atoms. The summed E-state index contributed by atoms with van der Waals surface area (Å²) in [5, 5.41) is 6.30. The Kier molecular flexibility index (Phi) is 3.75. The number of hydrogen-bond donors (Lipinski definition) is 2. The summed E-state index contributed by atoms with van der Waals surface area (Å²) in [6.07, 6.45) is 4.82. The topological polar surface area (TPSA) is 67.2 Å². The Labute approximate surface area is 123 Å². The fourth-order valence-corrected chi connectivity index (χ4v) is 2.56. The van der Waals surface area contributed by atoms with E-state index in [1.807, 2.05) is 31.2 Å². The van der Waals surface area contributed by atoms with E-state index < -0.39 is 0 Å². The predicted octanol–water partition coefficient (Wildman–Crippen LogP) is 2.67. The predicted molar refractivity (Wildman–Crippen MR) is 80.8 cm³/mol. The fourth-order valence-electron chi connectivity index (χ4n) is 2.56. The molecule has 0 spiro atoms. The van der Waals surface area contributed by atoms with E-state index in [2.05, 4.69) is 15.6 Å². The molecule has 2 heterocycles. The van der Waals surface area contributed by atoms with Crippen LogP contribution >= 0.6 is 0 Å². The number of carbonyl (C=O) groups excluding carboxylic acids is 1. The lowest BCUT2D eigenvalue weighted by molar-refractivity contribution is -0.126. The zero-order chi connectivity index (χ0) is 14.7. The van der Waals surface area contributed by atoms with Gasteiger partial charge < -0.3 is 15.1 Å². The van der Waals surface area contributed by atoms with E-state index >= 15 is 0 Å². The van der Waals surface area contributed by atoms with Gasteiger partial charge in [0.15, 0.2) is 12.2 Å². The number of carbonyl (C=O) groups is 1. The van der Waals surface area contributed by atoms with E-state index in [4.69, 9.17) is 4.42 Å².